The first-order chi connectivity index (χ1) is 8.03. The van der Waals surface area contributed by atoms with E-state index in [9.17, 15) is 0 Å². The molecule has 1 aromatic rings. The molecule has 5 heteroatoms. The molecule has 0 saturated carbocycles. The molecule has 1 aromatic heterocycles. The average Bonchev–Trinajstić information content (AvgIpc) is 2.77. The summed E-state index contributed by atoms with van der Waals surface area (Å²) in [5.41, 5.74) is 0.801. The van der Waals surface area contributed by atoms with Crippen molar-refractivity contribution in [2.75, 3.05) is 6.61 Å². The van der Waals surface area contributed by atoms with Gasteiger partial charge >= 0.3 is 5.91 Å². The zero-order chi connectivity index (χ0) is 12.1. The number of aromatic nitrogens is 1. The lowest BCUT2D eigenvalue weighted by molar-refractivity contribution is -0.230. The van der Waals surface area contributed by atoms with Crippen molar-refractivity contribution in [2.45, 2.75) is 32.2 Å². The maximum atomic E-state index is 5.70. The van der Waals surface area contributed by atoms with E-state index < -0.39 is 5.91 Å². The molecule has 0 spiro atoms. The molecule has 0 bridgehead atoms. The second-order valence-corrected chi connectivity index (χ2v) is 5.08. The van der Waals surface area contributed by atoms with Crippen molar-refractivity contribution in [1.29, 1.82) is 0 Å². The maximum absolute atomic E-state index is 5.70. The topological polar surface area (TPSA) is 47.0 Å². The van der Waals surface area contributed by atoms with Crippen molar-refractivity contribution in [1.82, 2.24) is 9.88 Å². The number of hydrogen-bond acceptors (Lipinski definition) is 5. The third kappa shape index (κ3) is 1.42. The van der Waals surface area contributed by atoms with E-state index in [1.54, 1.807) is 12.4 Å². The van der Waals surface area contributed by atoms with E-state index in [-0.39, 0.29) is 5.54 Å². The first-order valence-electron chi connectivity index (χ1n) is 5.64. The molecule has 0 radical (unpaired) electrons. The molecule has 0 amide bonds. The molecule has 2 aliphatic heterocycles. The van der Waals surface area contributed by atoms with Gasteiger partial charge in [-0.2, -0.15) is 0 Å². The smallest absolute Gasteiger partial charge is 0.318 e. The van der Waals surface area contributed by atoms with E-state index in [4.69, 9.17) is 9.57 Å². The van der Waals surface area contributed by atoms with Crippen molar-refractivity contribution >= 4 is 5.84 Å². The van der Waals surface area contributed by atoms with Crippen LogP contribution < -0.4 is 0 Å². The zero-order valence-corrected chi connectivity index (χ0v) is 10.2. The van der Waals surface area contributed by atoms with Gasteiger partial charge in [-0.15, -0.1) is 0 Å². The molecule has 1 unspecified atom stereocenters. The summed E-state index contributed by atoms with van der Waals surface area (Å²) >= 11 is 0. The molecule has 0 aromatic carbocycles. The predicted octanol–water partition coefficient (Wildman–Crippen LogP) is 1.56. The monoisotopic (exact) mass is 233 g/mol. The van der Waals surface area contributed by atoms with Crippen LogP contribution in [0.15, 0.2) is 29.7 Å². The number of rotatable bonds is 1. The minimum atomic E-state index is -0.783. The maximum Gasteiger partial charge on any atom is 0.318 e. The van der Waals surface area contributed by atoms with Crippen LogP contribution in [-0.4, -0.2) is 33.8 Å². The SMILES string of the molecule is CC1(C)COC2(C)ON=C(c3cccnc3)N12. The van der Waals surface area contributed by atoms with Crippen LogP contribution in [-0.2, 0) is 9.57 Å². The fraction of sp³-hybridized carbons (Fsp3) is 0.500. The van der Waals surface area contributed by atoms with Gasteiger partial charge in [0, 0.05) is 24.9 Å². The summed E-state index contributed by atoms with van der Waals surface area (Å²) in [6, 6.07) is 3.85. The average molecular weight is 233 g/mol. The third-order valence-electron chi connectivity index (χ3n) is 3.14. The van der Waals surface area contributed by atoms with Gasteiger partial charge in [0.25, 0.3) is 0 Å². The number of amidine groups is 1. The van der Waals surface area contributed by atoms with E-state index in [0.717, 1.165) is 11.4 Å². The second-order valence-electron chi connectivity index (χ2n) is 5.08. The Bertz CT molecular complexity index is 472. The van der Waals surface area contributed by atoms with Gasteiger partial charge in [0.1, 0.15) is 0 Å². The lowest BCUT2D eigenvalue weighted by Crippen LogP contribution is -2.51. The Morgan fingerprint density at radius 2 is 2.18 bits per heavy atom. The van der Waals surface area contributed by atoms with Crippen LogP contribution in [0.2, 0.25) is 0 Å². The number of nitrogens with zero attached hydrogens (tertiary/aromatic N) is 3. The van der Waals surface area contributed by atoms with Crippen LogP contribution >= 0.6 is 0 Å². The fourth-order valence-corrected chi connectivity index (χ4v) is 2.38. The molecule has 5 nitrogen and oxygen atoms in total. The highest BCUT2D eigenvalue weighted by atomic mass is 16.8. The van der Waals surface area contributed by atoms with Crippen LogP contribution in [0.1, 0.15) is 26.3 Å². The molecular formula is C12H15N3O2. The van der Waals surface area contributed by atoms with Crippen LogP contribution in [0.25, 0.3) is 0 Å². The summed E-state index contributed by atoms with van der Waals surface area (Å²) in [6.45, 7) is 6.72. The molecule has 90 valence electrons. The summed E-state index contributed by atoms with van der Waals surface area (Å²) in [6.07, 6.45) is 3.52. The third-order valence-corrected chi connectivity index (χ3v) is 3.14. The molecule has 0 N–H and O–H groups in total. The standard InChI is InChI=1S/C12H15N3O2/c1-11(2)8-16-12(3)15(11)10(14-17-12)9-5-4-6-13-7-9/h4-7H,8H2,1-3H3. The first kappa shape index (κ1) is 10.5. The van der Waals surface area contributed by atoms with E-state index in [1.807, 2.05) is 19.1 Å². The van der Waals surface area contributed by atoms with E-state index in [1.165, 1.54) is 0 Å². The second kappa shape index (κ2) is 3.20. The number of ether oxygens (including phenoxy) is 1. The van der Waals surface area contributed by atoms with Gasteiger partial charge in [0.2, 0.25) is 0 Å². The van der Waals surface area contributed by atoms with Crippen LogP contribution in [0.5, 0.6) is 0 Å². The molecule has 1 atom stereocenters. The Kier molecular flexibility index (Phi) is 1.98. The largest absolute Gasteiger partial charge is 0.337 e. The Labute approximate surface area is 100 Å². The Morgan fingerprint density at radius 3 is 2.88 bits per heavy atom. The Balaban J connectivity index is 2.03. The van der Waals surface area contributed by atoms with Gasteiger partial charge in [0.05, 0.1) is 12.1 Å². The summed E-state index contributed by atoms with van der Waals surface area (Å²) < 4.78 is 5.70. The summed E-state index contributed by atoms with van der Waals surface area (Å²) in [5, 5.41) is 4.14. The number of fused-ring (bicyclic) bond motifs is 1. The van der Waals surface area contributed by atoms with Gasteiger partial charge in [0.15, 0.2) is 5.84 Å². The molecule has 3 rings (SSSR count). The van der Waals surface area contributed by atoms with Gasteiger partial charge in [-0.05, 0) is 26.0 Å². The van der Waals surface area contributed by atoms with Crippen LogP contribution in [0, 0.1) is 0 Å². The molecule has 17 heavy (non-hydrogen) atoms. The highest BCUT2D eigenvalue weighted by molar-refractivity contribution is 5.99. The van der Waals surface area contributed by atoms with Crippen molar-refractivity contribution in [3.8, 4) is 0 Å². The van der Waals surface area contributed by atoms with Gasteiger partial charge in [-0.25, -0.2) is 0 Å². The molecule has 1 fully saturated rings. The van der Waals surface area contributed by atoms with E-state index in [2.05, 4.69) is 28.9 Å². The minimum Gasteiger partial charge on any atom is -0.337 e. The molecule has 1 saturated heterocycles. The summed E-state index contributed by atoms with van der Waals surface area (Å²) in [4.78, 5) is 11.6. The van der Waals surface area contributed by atoms with Gasteiger partial charge in [-0.3, -0.25) is 9.88 Å². The quantitative estimate of drug-likeness (QED) is 0.738. The van der Waals surface area contributed by atoms with E-state index >= 15 is 0 Å². The predicted molar refractivity (Wildman–Crippen MR) is 62.1 cm³/mol. The number of hydrogen-bond donors (Lipinski definition) is 0. The minimum absolute atomic E-state index is 0.139. The zero-order valence-electron chi connectivity index (χ0n) is 10.2. The summed E-state index contributed by atoms with van der Waals surface area (Å²) in [7, 11) is 0. The number of pyridine rings is 1. The lowest BCUT2D eigenvalue weighted by Gasteiger charge is -2.33. The molecule has 2 aliphatic rings. The molecular weight excluding hydrogens is 218 g/mol. The molecule has 3 heterocycles. The van der Waals surface area contributed by atoms with Crippen LogP contribution in [0.3, 0.4) is 0 Å². The van der Waals surface area contributed by atoms with Crippen molar-refractivity contribution in [3.05, 3.63) is 30.1 Å². The molecule has 0 aliphatic carbocycles. The Morgan fingerprint density at radius 1 is 1.35 bits per heavy atom. The Hall–Kier alpha value is -1.62. The first-order valence-corrected chi connectivity index (χ1v) is 5.64. The fourth-order valence-electron chi connectivity index (χ4n) is 2.38. The van der Waals surface area contributed by atoms with Crippen LogP contribution in [0.4, 0.5) is 0 Å². The van der Waals surface area contributed by atoms with Crippen molar-refractivity contribution in [2.24, 2.45) is 5.16 Å². The number of oxime groups is 1. The highest BCUT2D eigenvalue weighted by Crippen LogP contribution is 2.40. The van der Waals surface area contributed by atoms with Gasteiger partial charge < -0.3 is 9.57 Å². The van der Waals surface area contributed by atoms with Crippen molar-refractivity contribution < 1.29 is 9.57 Å². The highest BCUT2D eigenvalue weighted by Gasteiger charge is 2.56. The summed E-state index contributed by atoms with van der Waals surface area (Å²) in [5.74, 6) is -0.00241. The van der Waals surface area contributed by atoms with Crippen molar-refractivity contribution in [3.63, 3.8) is 0 Å². The van der Waals surface area contributed by atoms with Gasteiger partial charge in [-0.1, -0.05) is 5.16 Å². The van der Waals surface area contributed by atoms with E-state index in [0.29, 0.717) is 6.61 Å². The normalized spacial score (nSPS) is 29.8. The lowest BCUT2D eigenvalue weighted by atomic mass is 10.0.